The molecule has 0 N–H and O–H groups in total. The van der Waals surface area contributed by atoms with Crippen molar-refractivity contribution in [2.45, 2.75) is 13.3 Å². The lowest BCUT2D eigenvalue weighted by Crippen LogP contribution is -2.08. The minimum atomic E-state index is -2.76. The van der Waals surface area contributed by atoms with Crippen LogP contribution >= 0.6 is 31.9 Å². The molecule has 0 saturated carbocycles. The van der Waals surface area contributed by atoms with Crippen molar-refractivity contribution in [3.05, 3.63) is 26.4 Å². The average Bonchev–Trinajstić information content (AvgIpc) is 2.20. The van der Waals surface area contributed by atoms with E-state index in [9.17, 15) is 13.6 Å². The van der Waals surface area contributed by atoms with E-state index in [1.807, 2.05) is 0 Å². The van der Waals surface area contributed by atoms with Crippen molar-refractivity contribution in [1.82, 2.24) is 4.98 Å². The molecule has 0 fully saturated rings. The van der Waals surface area contributed by atoms with Crippen LogP contribution in [-0.4, -0.2) is 17.6 Å². The number of pyridine rings is 1. The second kappa shape index (κ2) is 5.67. The summed E-state index contributed by atoms with van der Waals surface area (Å²) in [5, 5.41) is 0. The zero-order valence-electron chi connectivity index (χ0n) is 8.14. The standard InChI is InChI=1S/C9H7Br2F2NO2/c1-2-16-9(15)4-3-5(10)14-7(6(4)11)8(12)13/h3,8H,2H2,1H3. The Bertz CT molecular complexity index is 413. The number of hydrogen-bond acceptors (Lipinski definition) is 3. The molecule has 1 aromatic rings. The maximum atomic E-state index is 12.6. The molecule has 0 aromatic carbocycles. The summed E-state index contributed by atoms with van der Waals surface area (Å²) >= 11 is 5.88. The highest BCUT2D eigenvalue weighted by atomic mass is 79.9. The van der Waals surface area contributed by atoms with E-state index in [-0.39, 0.29) is 21.2 Å². The Morgan fingerprint density at radius 3 is 2.69 bits per heavy atom. The van der Waals surface area contributed by atoms with Crippen molar-refractivity contribution in [3.8, 4) is 0 Å². The normalized spacial score (nSPS) is 10.6. The molecule has 3 nitrogen and oxygen atoms in total. The van der Waals surface area contributed by atoms with Gasteiger partial charge in [-0.25, -0.2) is 18.6 Å². The maximum Gasteiger partial charge on any atom is 0.339 e. The molecule has 16 heavy (non-hydrogen) atoms. The summed E-state index contributed by atoms with van der Waals surface area (Å²) in [5.41, 5.74) is -0.462. The molecule has 88 valence electrons. The van der Waals surface area contributed by atoms with Gasteiger partial charge in [-0.1, -0.05) is 0 Å². The van der Waals surface area contributed by atoms with Crippen LogP contribution in [0.1, 0.15) is 29.4 Å². The molecule has 1 heterocycles. The van der Waals surface area contributed by atoms with Crippen LogP contribution in [-0.2, 0) is 4.74 Å². The predicted octanol–water partition coefficient (Wildman–Crippen LogP) is 3.72. The van der Waals surface area contributed by atoms with E-state index in [1.54, 1.807) is 6.92 Å². The van der Waals surface area contributed by atoms with E-state index < -0.39 is 18.1 Å². The summed E-state index contributed by atoms with van der Waals surface area (Å²) in [6.45, 7) is 1.81. The first-order chi connectivity index (χ1) is 7.47. The third-order valence-electron chi connectivity index (χ3n) is 1.65. The number of halogens is 4. The highest BCUT2D eigenvalue weighted by Crippen LogP contribution is 2.31. The number of carbonyl (C=O) groups is 1. The van der Waals surface area contributed by atoms with Crippen LogP contribution in [0.4, 0.5) is 8.78 Å². The smallest absolute Gasteiger partial charge is 0.339 e. The van der Waals surface area contributed by atoms with E-state index in [0.717, 1.165) is 0 Å². The first-order valence-corrected chi connectivity index (χ1v) is 5.87. The van der Waals surface area contributed by atoms with Gasteiger partial charge < -0.3 is 4.74 Å². The Kier molecular flexibility index (Phi) is 4.79. The van der Waals surface area contributed by atoms with E-state index in [0.29, 0.717) is 0 Å². The van der Waals surface area contributed by atoms with Gasteiger partial charge in [0.1, 0.15) is 10.3 Å². The quantitative estimate of drug-likeness (QED) is 0.610. The number of aromatic nitrogens is 1. The summed E-state index contributed by atoms with van der Waals surface area (Å²) in [7, 11) is 0. The van der Waals surface area contributed by atoms with E-state index in [4.69, 9.17) is 4.74 Å². The largest absolute Gasteiger partial charge is 0.462 e. The summed E-state index contributed by atoms with van der Waals surface area (Å²) < 4.78 is 30.0. The molecule has 0 saturated heterocycles. The first-order valence-electron chi connectivity index (χ1n) is 4.28. The van der Waals surface area contributed by atoms with Gasteiger partial charge in [0.2, 0.25) is 0 Å². The fourth-order valence-electron chi connectivity index (χ4n) is 1.02. The molecule has 1 rings (SSSR count). The molecule has 0 unspecified atom stereocenters. The topological polar surface area (TPSA) is 39.2 Å². The van der Waals surface area contributed by atoms with Gasteiger partial charge >= 0.3 is 5.97 Å². The van der Waals surface area contributed by atoms with Crippen LogP contribution in [0.25, 0.3) is 0 Å². The van der Waals surface area contributed by atoms with Crippen LogP contribution in [0.15, 0.2) is 15.1 Å². The molecule has 0 spiro atoms. The second-order valence-corrected chi connectivity index (χ2v) is 4.32. The van der Waals surface area contributed by atoms with Crippen molar-refractivity contribution in [3.63, 3.8) is 0 Å². The highest BCUT2D eigenvalue weighted by molar-refractivity contribution is 9.11. The number of ether oxygens (including phenoxy) is 1. The summed E-state index contributed by atoms with van der Waals surface area (Å²) in [4.78, 5) is 15.0. The molecule has 1 aromatic heterocycles. The number of carbonyl (C=O) groups excluding carboxylic acids is 1. The minimum absolute atomic E-state index is 0.0269. The molecule has 0 radical (unpaired) electrons. The lowest BCUT2D eigenvalue weighted by atomic mass is 10.2. The van der Waals surface area contributed by atoms with Gasteiger partial charge in [-0.2, -0.15) is 0 Å². The SMILES string of the molecule is CCOC(=O)c1cc(Br)nc(C(F)F)c1Br. The van der Waals surface area contributed by atoms with Crippen molar-refractivity contribution in [2.24, 2.45) is 0 Å². The van der Waals surface area contributed by atoms with Gasteiger partial charge in [0.25, 0.3) is 6.43 Å². The van der Waals surface area contributed by atoms with E-state index in [1.165, 1.54) is 6.07 Å². The van der Waals surface area contributed by atoms with Gasteiger partial charge in [-0.3, -0.25) is 0 Å². The summed E-state index contributed by atoms with van der Waals surface area (Å²) in [6.07, 6.45) is -2.76. The van der Waals surface area contributed by atoms with Gasteiger partial charge in [0, 0.05) is 0 Å². The maximum absolute atomic E-state index is 12.6. The number of rotatable bonds is 3. The van der Waals surface area contributed by atoms with Crippen LogP contribution in [0.5, 0.6) is 0 Å². The van der Waals surface area contributed by atoms with E-state index >= 15 is 0 Å². The number of alkyl halides is 2. The van der Waals surface area contributed by atoms with Crippen LogP contribution in [0.2, 0.25) is 0 Å². The molecular formula is C9H7Br2F2NO2. The molecule has 0 aliphatic rings. The minimum Gasteiger partial charge on any atom is -0.462 e. The predicted molar refractivity (Wildman–Crippen MR) is 60.6 cm³/mol. The zero-order valence-corrected chi connectivity index (χ0v) is 11.3. The van der Waals surface area contributed by atoms with Crippen LogP contribution < -0.4 is 0 Å². The van der Waals surface area contributed by atoms with Crippen LogP contribution in [0.3, 0.4) is 0 Å². The van der Waals surface area contributed by atoms with E-state index in [2.05, 4.69) is 36.8 Å². The lowest BCUT2D eigenvalue weighted by Gasteiger charge is -2.08. The third kappa shape index (κ3) is 2.98. The average molecular weight is 359 g/mol. The lowest BCUT2D eigenvalue weighted by molar-refractivity contribution is 0.0524. The second-order valence-electron chi connectivity index (χ2n) is 2.71. The first kappa shape index (κ1) is 13.5. The molecule has 0 amide bonds. The fraction of sp³-hybridized carbons (Fsp3) is 0.333. The molecule has 0 aliphatic carbocycles. The van der Waals surface area contributed by atoms with Crippen molar-refractivity contribution in [2.75, 3.05) is 6.61 Å². The Balaban J connectivity index is 3.24. The van der Waals surface area contributed by atoms with Crippen LogP contribution in [0, 0.1) is 0 Å². The molecule has 0 aliphatic heterocycles. The molecular weight excluding hydrogens is 352 g/mol. The fourth-order valence-corrected chi connectivity index (χ4v) is 1.98. The summed E-state index contributed by atoms with van der Waals surface area (Å²) in [5.74, 6) is -0.667. The van der Waals surface area contributed by atoms with Gasteiger partial charge in [-0.05, 0) is 44.8 Å². The number of esters is 1. The third-order valence-corrected chi connectivity index (χ3v) is 2.89. The van der Waals surface area contributed by atoms with Gasteiger partial charge in [0.15, 0.2) is 0 Å². The van der Waals surface area contributed by atoms with Crippen molar-refractivity contribution >= 4 is 37.8 Å². The molecule has 0 bridgehead atoms. The van der Waals surface area contributed by atoms with Crippen molar-refractivity contribution in [1.29, 1.82) is 0 Å². The van der Waals surface area contributed by atoms with Gasteiger partial charge in [0.05, 0.1) is 16.6 Å². The zero-order chi connectivity index (χ0) is 12.3. The Hall–Kier alpha value is -0.560. The highest BCUT2D eigenvalue weighted by Gasteiger charge is 2.21. The van der Waals surface area contributed by atoms with Gasteiger partial charge in [-0.15, -0.1) is 0 Å². The van der Waals surface area contributed by atoms with Crippen molar-refractivity contribution < 1.29 is 18.3 Å². The molecule has 7 heteroatoms. The number of hydrogen-bond donors (Lipinski definition) is 0. The Morgan fingerprint density at radius 1 is 1.56 bits per heavy atom. The number of nitrogens with zero attached hydrogens (tertiary/aromatic N) is 1. The monoisotopic (exact) mass is 357 g/mol. The molecule has 0 atom stereocenters. The Labute approximate surface area is 107 Å². The summed E-state index contributed by atoms with van der Waals surface area (Å²) in [6, 6.07) is 1.33. The Morgan fingerprint density at radius 2 is 2.19 bits per heavy atom.